The van der Waals surface area contributed by atoms with E-state index in [2.05, 4.69) is 18.3 Å². The lowest BCUT2D eigenvalue weighted by Crippen LogP contribution is -2.56. The van der Waals surface area contributed by atoms with Crippen LogP contribution in [0.1, 0.15) is 58.8 Å². The van der Waals surface area contributed by atoms with Crippen molar-refractivity contribution >= 4 is 5.91 Å². The molecule has 4 aliphatic carbocycles. The Morgan fingerprint density at radius 3 is 2.15 bits per heavy atom. The molecule has 0 radical (unpaired) electrons. The summed E-state index contributed by atoms with van der Waals surface area (Å²) in [6, 6.07) is 2.35. The van der Waals surface area contributed by atoms with E-state index in [0.29, 0.717) is 11.8 Å². The van der Waals surface area contributed by atoms with E-state index in [1.54, 1.807) is 0 Å². The molecule has 2 atom stereocenters. The van der Waals surface area contributed by atoms with E-state index in [1.165, 1.54) is 38.5 Å². The Balaban J connectivity index is 1.69. The van der Waals surface area contributed by atoms with E-state index in [4.69, 9.17) is 5.26 Å². The van der Waals surface area contributed by atoms with Gasteiger partial charge in [-0.05, 0) is 75.0 Å². The number of hydrogen-bond acceptors (Lipinski definition) is 2. The molecule has 4 bridgehead atoms. The van der Waals surface area contributed by atoms with Crippen molar-refractivity contribution in [1.29, 1.82) is 5.26 Å². The van der Waals surface area contributed by atoms with Crippen LogP contribution in [0.5, 0.6) is 0 Å². The van der Waals surface area contributed by atoms with E-state index in [1.807, 2.05) is 6.92 Å². The molecule has 110 valence electrons. The van der Waals surface area contributed by atoms with Gasteiger partial charge in [0.1, 0.15) is 5.92 Å². The monoisotopic (exact) mass is 274 g/mol. The first kappa shape index (κ1) is 13.9. The maximum atomic E-state index is 12.2. The van der Waals surface area contributed by atoms with Crippen molar-refractivity contribution in [3.8, 4) is 6.07 Å². The zero-order valence-corrected chi connectivity index (χ0v) is 12.7. The van der Waals surface area contributed by atoms with Crippen LogP contribution in [0.15, 0.2) is 0 Å². The van der Waals surface area contributed by atoms with Crippen molar-refractivity contribution in [3.05, 3.63) is 0 Å². The van der Waals surface area contributed by atoms with Crippen LogP contribution in [0.3, 0.4) is 0 Å². The SMILES string of the molecule is CCC(C#N)C(=O)NC(C)C12CC3CC(CC(C3)C1)C2. The third-order valence-corrected chi connectivity index (χ3v) is 6.24. The second kappa shape index (κ2) is 5.06. The van der Waals surface area contributed by atoms with Gasteiger partial charge in [-0.1, -0.05) is 6.92 Å². The first-order valence-electron chi connectivity index (χ1n) is 8.26. The molecule has 0 aromatic heterocycles. The molecule has 0 spiro atoms. The van der Waals surface area contributed by atoms with Gasteiger partial charge in [-0.25, -0.2) is 0 Å². The zero-order chi connectivity index (χ0) is 14.3. The Kier molecular flexibility index (Phi) is 3.52. The Bertz CT molecular complexity index is 401. The first-order valence-corrected chi connectivity index (χ1v) is 8.26. The standard InChI is InChI=1S/C17H26N2O/c1-3-15(10-18)16(20)19-11(2)17-7-12-4-13(8-17)6-14(5-12)9-17/h11-15H,3-9H2,1-2H3,(H,19,20). The van der Waals surface area contributed by atoms with Gasteiger partial charge in [-0.3, -0.25) is 4.79 Å². The molecule has 3 heteroatoms. The second-order valence-electron chi connectivity index (χ2n) is 7.60. The smallest absolute Gasteiger partial charge is 0.237 e. The molecule has 0 heterocycles. The van der Waals surface area contributed by atoms with Crippen LogP contribution >= 0.6 is 0 Å². The normalized spacial score (nSPS) is 41.0. The fourth-order valence-corrected chi connectivity index (χ4v) is 5.51. The van der Waals surface area contributed by atoms with E-state index in [0.717, 1.165) is 17.8 Å². The average molecular weight is 274 g/mol. The van der Waals surface area contributed by atoms with Crippen molar-refractivity contribution in [2.75, 3.05) is 0 Å². The van der Waals surface area contributed by atoms with E-state index >= 15 is 0 Å². The summed E-state index contributed by atoms with van der Waals surface area (Å²) in [5.74, 6) is 2.17. The van der Waals surface area contributed by atoms with Crippen molar-refractivity contribution in [3.63, 3.8) is 0 Å². The highest BCUT2D eigenvalue weighted by Crippen LogP contribution is 2.61. The zero-order valence-electron chi connectivity index (χ0n) is 12.7. The molecule has 4 fully saturated rings. The van der Waals surface area contributed by atoms with Crippen LogP contribution in [-0.2, 0) is 4.79 Å². The lowest BCUT2D eigenvalue weighted by atomic mass is 9.48. The highest BCUT2D eigenvalue weighted by molar-refractivity contribution is 5.81. The fourth-order valence-electron chi connectivity index (χ4n) is 5.51. The van der Waals surface area contributed by atoms with Crippen molar-refractivity contribution in [2.45, 2.75) is 64.8 Å². The molecule has 0 aromatic rings. The van der Waals surface area contributed by atoms with Crippen LogP contribution < -0.4 is 5.32 Å². The van der Waals surface area contributed by atoms with Gasteiger partial charge in [0, 0.05) is 6.04 Å². The molecule has 1 N–H and O–H groups in total. The Labute approximate surface area is 122 Å². The van der Waals surface area contributed by atoms with Crippen molar-refractivity contribution in [2.24, 2.45) is 29.1 Å². The number of nitrogens with one attached hydrogen (secondary N) is 1. The van der Waals surface area contributed by atoms with Gasteiger partial charge >= 0.3 is 0 Å². The molecule has 4 saturated carbocycles. The highest BCUT2D eigenvalue weighted by Gasteiger charge is 2.53. The van der Waals surface area contributed by atoms with E-state index in [-0.39, 0.29) is 11.9 Å². The maximum Gasteiger partial charge on any atom is 0.237 e. The number of nitrogens with zero attached hydrogens (tertiary/aromatic N) is 1. The van der Waals surface area contributed by atoms with Gasteiger partial charge in [0.25, 0.3) is 0 Å². The molecule has 20 heavy (non-hydrogen) atoms. The molecular weight excluding hydrogens is 248 g/mol. The Morgan fingerprint density at radius 1 is 1.25 bits per heavy atom. The molecule has 4 aliphatic rings. The summed E-state index contributed by atoms with van der Waals surface area (Å²) in [4.78, 5) is 12.2. The Hall–Kier alpha value is -1.04. The lowest BCUT2D eigenvalue weighted by molar-refractivity contribution is -0.128. The summed E-state index contributed by atoms with van der Waals surface area (Å²) in [7, 11) is 0. The molecule has 4 rings (SSSR count). The summed E-state index contributed by atoms with van der Waals surface area (Å²) in [5.41, 5.74) is 0.332. The molecule has 1 amide bonds. The van der Waals surface area contributed by atoms with Gasteiger partial charge in [0.15, 0.2) is 0 Å². The predicted octanol–water partition coefficient (Wildman–Crippen LogP) is 3.26. The Morgan fingerprint density at radius 2 is 1.75 bits per heavy atom. The van der Waals surface area contributed by atoms with Gasteiger partial charge in [0.05, 0.1) is 6.07 Å². The minimum atomic E-state index is -0.480. The van der Waals surface area contributed by atoms with Gasteiger partial charge in [-0.2, -0.15) is 5.26 Å². The number of carbonyl (C=O) groups excluding carboxylic acids is 1. The van der Waals surface area contributed by atoms with Crippen molar-refractivity contribution < 1.29 is 4.79 Å². The minimum absolute atomic E-state index is 0.0572. The highest BCUT2D eigenvalue weighted by atomic mass is 16.1. The largest absolute Gasteiger partial charge is 0.352 e. The fraction of sp³-hybridized carbons (Fsp3) is 0.882. The summed E-state index contributed by atoms with van der Waals surface area (Å²) < 4.78 is 0. The number of hydrogen-bond donors (Lipinski definition) is 1. The molecular formula is C17H26N2O. The van der Waals surface area contributed by atoms with Crippen LogP contribution in [0.25, 0.3) is 0 Å². The van der Waals surface area contributed by atoms with Crippen molar-refractivity contribution in [1.82, 2.24) is 5.32 Å². The van der Waals surface area contributed by atoms with E-state index < -0.39 is 5.92 Å². The topological polar surface area (TPSA) is 52.9 Å². The molecule has 0 saturated heterocycles. The molecule has 2 unspecified atom stereocenters. The minimum Gasteiger partial charge on any atom is -0.352 e. The molecule has 0 aliphatic heterocycles. The number of carbonyl (C=O) groups is 1. The van der Waals surface area contributed by atoms with Gasteiger partial charge in [0.2, 0.25) is 5.91 Å². The van der Waals surface area contributed by atoms with E-state index in [9.17, 15) is 4.79 Å². The summed E-state index contributed by atoms with van der Waals surface area (Å²) in [5, 5.41) is 12.2. The summed E-state index contributed by atoms with van der Waals surface area (Å²) in [6.07, 6.45) is 8.77. The van der Waals surface area contributed by atoms with Gasteiger partial charge in [-0.15, -0.1) is 0 Å². The summed E-state index contributed by atoms with van der Waals surface area (Å²) >= 11 is 0. The number of amides is 1. The predicted molar refractivity (Wildman–Crippen MR) is 77.6 cm³/mol. The van der Waals surface area contributed by atoms with Gasteiger partial charge < -0.3 is 5.32 Å². The third-order valence-electron chi connectivity index (χ3n) is 6.24. The summed E-state index contributed by atoms with van der Waals surface area (Å²) in [6.45, 7) is 4.08. The number of nitriles is 1. The van der Waals surface area contributed by atoms with Crippen LogP contribution in [0.2, 0.25) is 0 Å². The quantitative estimate of drug-likeness (QED) is 0.855. The molecule has 0 aromatic carbocycles. The molecule has 3 nitrogen and oxygen atoms in total. The maximum absolute atomic E-state index is 12.2. The number of rotatable bonds is 4. The average Bonchev–Trinajstić information content (AvgIpc) is 2.38. The third kappa shape index (κ3) is 2.24. The van der Waals surface area contributed by atoms with Crippen LogP contribution in [0, 0.1) is 40.4 Å². The van der Waals surface area contributed by atoms with Crippen LogP contribution in [-0.4, -0.2) is 11.9 Å². The lowest BCUT2D eigenvalue weighted by Gasteiger charge is -2.59. The van der Waals surface area contributed by atoms with Crippen LogP contribution in [0.4, 0.5) is 0 Å². The second-order valence-corrected chi connectivity index (χ2v) is 7.60. The first-order chi connectivity index (χ1) is 9.56.